The number of aromatic nitrogens is 2. The Morgan fingerprint density at radius 1 is 1.45 bits per heavy atom. The molecule has 1 amide bonds. The molecule has 0 aliphatic carbocycles. The molecule has 0 radical (unpaired) electrons. The van der Waals surface area contributed by atoms with Crippen LogP contribution in [0.4, 0.5) is 10.1 Å². The maximum Gasteiger partial charge on any atom is 0.271 e. The van der Waals surface area contributed by atoms with E-state index < -0.39 is 0 Å². The molecule has 3 N–H and O–H groups in total. The number of nitrogens with one attached hydrogen (secondary N) is 1. The van der Waals surface area contributed by atoms with Gasteiger partial charge in [-0.3, -0.25) is 9.48 Å². The number of nitrogens with zero attached hydrogens (tertiary/aromatic N) is 2. The van der Waals surface area contributed by atoms with E-state index in [0.717, 1.165) is 0 Å². The molecule has 106 valence electrons. The van der Waals surface area contributed by atoms with E-state index in [1.54, 1.807) is 25.2 Å². The fraction of sp³-hybridized carbons (Fsp3) is 0.286. The van der Waals surface area contributed by atoms with Crippen LogP contribution >= 0.6 is 0 Å². The van der Waals surface area contributed by atoms with Crippen molar-refractivity contribution in [2.75, 3.05) is 5.73 Å². The van der Waals surface area contributed by atoms with Gasteiger partial charge in [-0.25, -0.2) is 4.39 Å². The minimum atomic E-state index is -0.361. The number of nitrogen functional groups attached to an aromatic ring is 1. The summed E-state index contributed by atoms with van der Waals surface area (Å²) in [6, 6.07) is 6.31. The van der Waals surface area contributed by atoms with Crippen LogP contribution < -0.4 is 11.1 Å². The van der Waals surface area contributed by atoms with Crippen molar-refractivity contribution in [1.82, 2.24) is 15.1 Å². The van der Waals surface area contributed by atoms with Crippen LogP contribution in [0.1, 0.15) is 28.7 Å². The Morgan fingerprint density at radius 2 is 2.15 bits per heavy atom. The Hall–Kier alpha value is -2.37. The average molecular weight is 276 g/mol. The molecular weight excluding hydrogens is 259 g/mol. The predicted octanol–water partition coefficient (Wildman–Crippen LogP) is 1.63. The average Bonchev–Trinajstić information content (AvgIpc) is 2.72. The molecule has 0 aliphatic rings. The topological polar surface area (TPSA) is 72.9 Å². The van der Waals surface area contributed by atoms with Gasteiger partial charge >= 0.3 is 0 Å². The number of hydrogen-bond acceptors (Lipinski definition) is 3. The van der Waals surface area contributed by atoms with Gasteiger partial charge in [0, 0.05) is 19.2 Å². The number of rotatable bonds is 4. The number of benzene rings is 1. The molecule has 0 atom stereocenters. The van der Waals surface area contributed by atoms with E-state index in [1.807, 2.05) is 6.92 Å². The Morgan fingerprint density at radius 3 is 2.75 bits per heavy atom. The number of carbonyl (C=O) groups is 1. The number of amides is 1. The van der Waals surface area contributed by atoms with Gasteiger partial charge < -0.3 is 11.1 Å². The fourth-order valence-corrected chi connectivity index (χ4v) is 2.03. The molecule has 6 heteroatoms. The molecule has 20 heavy (non-hydrogen) atoms. The van der Waals surface area contributed by atoms with Crippen LogP contribution in [0.5, 0.6) is 0 Å². The molecule has 0 spiro atoms. The highest BCUT2D eigenvalue weighted by Crippen LogP contribution is 2.17. The number of anilines is 1. The lowest BCUT2D eigenvalue weighted by Gasteiger charge is -2.07. The van der Waals surface area contributed by atoms with Crippen LogP contribution in [0, 0.1) is 5.82 Å². The zero-order chi connectivity index (χ0) is 14.7. The molecular formula is C14H17FN4O. The Labute approximate surface area is 116 Å². The number of carbonyl (C=O) groups excluding carboxylic acids is 1. The third-order valence-electron chi connectivity index (χ3n) is 3.11. The monoisotopic (exact) mass is 276 g/mol. The summed E-state index contributed by atoms with van der Waals surface area (Å²) in [7, 11) is 1.66. The minimum absolute atomic E-state index is 0.109. The van der Waals surface area contributed by atoms with Crippen LogP contribution in [-0.2, 0) is 20.0 Å². The lowest BCUT2D eigenvalue weighted by atomic mass is 10.2. The highest BCUT2D eigenvalue weighted by molar-refractivity contribution is 5.97. The quantitative estimate of drug-likeness (QED) is 0.891. The van der Waals surface area contributed by atoms with Crippen LogP contribution in [-0.4, -0.2) is 15.7 Å². The van der Waals surface area contributed by atoms with E-state index in [1.165, 1.54) is 10.7 Å². The molecule has 0 bridgehead atoms. The van der Waals surface area contributed by atoms with Crippen molar-refractivity contribution in [3.05, 3.63) is 47.0 Å². The molecule has 1 aromatic heterocycles. The summed E-state index contributed by atoms with van der Waals surface area (Å²) in [5.74, 6) is -0.708. The van der Waals surface area contributed by atoms with Gasteiger partial charge in [-0.05, 0) is 12.5 Å². The van der Waals surface area contributed by atoms with Crippen molar-refractivity contribution in [3.63, 3.8) is 0 Å². The van der Waals surface area contributed by atoms with Gasteiger partial charge in [0.2, 0.25) is 0 Å². The van der Waals surface area contributed by atoms with Gasteiger partial charge in [-0.2, -0.15) is 5.10 Å². The lowest BCUT2D eigenvalue weighted by molar-refractivity contribution is 0.0942. The van der Waals surface area contributed by atoms with Crippen molar-refractivity contribution in [2.24, 2.45) is 7.05 Å². The smallest absolute Gasteiger partial charge is 0.271 e. The summed E-state index contributed by atoms with van der Waals surface area (Å²) in [6.07, 6.45) is 0.653. The first-order chi connectivity index (χ1) is 9.54. The molecule has 0 unspecified atom stereocenters. The molecule has 2 rings (SSSR count). The number of halogens is 1. The van der Waals surface area contributed by atoms with Crippen molar-refractivity contribution in [2.45, 2.75) is 19.9 Å². The van der Waals surface area contributed by atoms with Gasteiger partial charge in [0.25, 0.3) is 5.91 Å². The first-order valence-electron chi connectivity index (χ1n) is 6.37. The molecule has 1 heterocycles. The highest BCUT2D eigenvalue weighted by Gasteiger charge is 2.18. The molecule has 0 saturated carbocycles. The van der Waals surface area contributed by atoms with Gasteiger partial charge in [0.15, 0.2) is 0 Å². The van der Waals surface area contributed by atoms with Gasteiger partial charge in [-0.1, -0.05) is 25.1 Å². The van der Waals surface area contributed by atoms with E-state index in [2.05, 4.69) is 10.4 Å². The Bertz CT molecular complexity index is 636. The van der Waals surface area contributed by atoms with Gasteiger partial charge in [-0.15, -0.1) is 0 Å². The third-order valence-corrected chi connectivity index (χ3v) is 3.11. The normalized spacial score (nSPS) is 10.6. The van der Waals surface area contributed by atoms with Crippen molar-refractivity contribution >= 4 is 11.6 Å². The van der Waals surface area contributed by atoms with Gasteiger partial charge in [0.1, 0.15) is 11.5 Å². The number of hydrogen-bond donors (Lipinski definition) is 2. The third kappa shape index (κ3) is 2.64. The SMILES string of the molecule is CCc1nn(C)c(C(=O)NCc2ccccc2F)c1N. The van der Waals surface area contributed by atoms with Crippen LogP contribution in [0.2, 0.25) is 0 Å². The second-order valence-corrected chi connectivity index (χ2v) is 4.46. The zero-order valence-corrected chi connectivity index (χ0v) is 11.5. The molecule has 1 aromatic carbocycles. The Kier molecular flexibility index (Phi) is 4.02. The highest BCUT2D eigenvalue weighted by atomic mass is 19.1. The first-order valence-corrected chi connectivity index (χ1v) is 6.37. The van der Waals surface area contributed by atoms with Crippen LogP contribution in [0.25, 0.3) is 0 Å². The first kappa shape index (κ1) is 14.0. The summed E-state index contributed by atoms with van der Waals surface area (Å²) in [5, 5.41) is 6.83. The summed E-state index contributed by atoms with van der Waals surface area (Å²) in [6.45, 7) is 2.03. The van der Waals surface area contributed by atoms with Crippen molar-refractivity contribution in [1.29, 1.82) is 0 Å². The van der Waals surface area contributed by atoms with E-state index in [-0.39, 0.29) is 18.3 Å². The van der Waals surface area contributed by atoms with Crippen molar-refractivity contribution in [3.8, 4) is 0 Å². The van der Waals surface area contributed by atoms with E-state index >= 15 is 0 Å². The summed E-state index contributed by atoms with van der Waals surface area (Å²) < 4.78 is 14.9. The van der Waals surface area contributed by atoms with E-state index in [9.17, 15) is 9.18 Å². The minimum Gasteiger partial charge on any atom is -0.395 e. The summed E-state index contributed by atoms with van der Waals surface area (Å²) >= 11 is 0. The number of aryl methyl sites for hydroxylation is 2. The van der Waals surface area contributed by atoms with E-state index in [4.69, 9.17) is 5.73 Å². The fourth-order valence-electron chi connectivity index (χ4n) is 2.03. The van der Waals surface area contributed by atoms with Crippen LogP contribution in [0.15, 0.2) is 24.3 Å². The molecule has 0 saturated heterocycles. The summed E-state index contributed by atoms with van der Waals surface area (Å²) in [5.41, 5.74) is 7.69. The number of nitrogens with two attached hydrogens (primary N) is 1. The molecule has 0 fully saturated rings. The maximum absolute atomic E-state index is 13.5. The Balaban J connectivity index is 2.13. The molecule has 5 nitrogen and oxygen atoms in total. The van der Waals surface area contributed by atoms with Crippen LogP contribution in [0.3, 0.4) is 0 Å². The molecule has 2 aromatic rings. The predicted molar refractivity (Wildman–Crippen MR) is 74.6 cm³/mol. The maximum atomic E-state index is 13.5. The second kappa shape index (κ2) is 5.73. The zero-order valence-electron chi connectivity index (χ0n) is 11.5. The summed E-state index contributed by atoms with van der Waals surface area (Å²) in [4.78, 5) is 12.1. The lowest BCUT2D eigenvalue weighted by Crippen LogP contribution is -2.26. The second-order valence-electron chi connectivity index (χ2n) is 4.46. The largest absolute Gasteiger partial charge is 0.395 e. The molecule has 0 aliphatic heterocycles. The standard InChI is InChI=1S/C14H17FN4O/c1-3-11-12(16)13(19(2)18-11)14(20)17-8-9-6-4-5-7-10(9)15/h4-7H,3,8,16H2,1-2H3,(H,17,20). The van der Waals surface area contributed by atoms with E-state index in [0.29, 0.717) is 29.1 Å². The van der Waals surface area contributed by atoms with Crippen molar-refractivity contribution < 1.29 is 9.18 Å². The van der Waals surface area contributed by atoms with Gasteiger partial charge in [0.05, 0.1) is 11.4 Å².